The molecule has 2 rings (SSSR count). The molecule has 0 aliphatic carbocycles. The van der Waals surface area contributed by atoms with Crippen molar-refractivity contribution in [1.82, 2.24) is 10.2 Å². The van der Waals surface area contributed by atoms with Crippen LogP contribution in [0, 0.1) is 0 Å². The van der Waals surface area contributed by atoms with Crippen LogP contribution in [0.5, 0.6) is 0 Å². The molecule has 0 radical (unpaired) electrons. The SMILES string of the molecule is CN(CCNCc1ccccc1)Cc1ccco1. The van der Waals surface area contributed by atoms with Gasteiger partial charge in [-0.25, -0.2) is 0 Å². The normalized spacial score (nSPS) is 11.0. The molecule has 2 aromatic rings. The van der Waals surface area contributed by atoms with Crippen LogP contribution in [0.1, 0.15) is 11.3 Å². The number of hydrogen-bond acceptors (Lipinski definition) is 3. The molecule has 18 heavy (non-hydrogen) atoms. The lowest BCUT2D eigenvalue weighted by molar-refractivity contribution is 0.294. The highest BCUT2D eigenvalue weighted by Gasteiger charge is 2.01. The zero-order chi connectivity index (χ0) is 12.6. The Morgan fingerprint density at radius 1 is 1.11 bits per heavy atom. The molecule has 1 aromatic carbocycles. The van der Waals surface area contributed by atoms with E-state index < -0.39 is 0 Å². The van der Waals surface area contributed by atoms with Crippen molar-refractivity contribution in [1.29, 1.82) is 0 Å². The summed E-state index contributed by atoms with van der Waals surface area (Å²) in [6.07, 6.45) is 1.72. The van der Waals surface area contributed by atoms with Gasteiger partial charge in [0.15, 0.2) is 0 Å². The van der Waals surface area contributed by atoms with Gasteiger partial charge in [0.25, 0.3) is 0 Å². The molecule has 3 nitrogen and oxygen atoms in total. The standard InChI is InChI=1S/C15H20N2O/c1-17(13-15-8-5-11-18-15)10-9-16-12-14-6-3-2-4-7-14/h2-8,11,16H,9-10,12-13H2,1H3. The van der Waals surface area contributed by atoms with Crippen molar-refractivity contribution in [3.63, 3.8) is 0 Å². The molecule has 0 unspecified atom stereocenters. The molecular weight excluding hydrogens is 224 g/mol. The molecular formula is C15H20N2O. The van der Waals surface area contributed by atoms with Gasteiger partial charge >= 0.3 is 0 Å². The van der Waals surface area contributed by atoms with Crippen LogP contribution in [0.15, 0.2) is 53.1 Å². The molecule has 96 valence electrons. The molecule has 0 spiro atoms. The zero-order valence-corrected chi connectivity index (χ0v) is 10.8. The maximum atomic E-state index is 5.32. The third-order valence-electron chi connectivity index (χ3n) is 2.85. The van der Waals surface area contributed by atoms with Gasteiger partial charge < -0.3 is 9.73 Å². The summed E-state index contributed by atoms with van der Waals surface area (Å²) < 4.78 is 5.32. The summed E-state index contributed by atoms with van der Waals surface area (Å²) in [7, 11) is 2.10. The summed E-state index contributed by atoms with van der Waals surface area (Å²) in [5.41, 5.74) is 1.33. The number of benzene rings is 1. The zero-order valence-electron chi connectivity index (χ0n) is 10.8. The first kappa shape index (κ1) is 12.9. The lowest BCUT2D eigenvalue weighted by Gasteiger charge is -2.15. The van der Waals surface area contributed by atoms with E-state index in [-0.39, 0.29) is 0 Å². The summed E-state index contributed by atoms with van der Waals surface area (Å²) in [4.78, 5) is 2.25. The van der Waals surface area contributed by atoms with Gasteiger partial charge in [0.2, 0.25) is 0 Å². The summed E-state index contributed by atoms with van der Waals surface area (Å²) >= 11 is 0. The van der Waals surface area contributed by atoms with E-state index in [0.29, 0.717) is 0 Å². The summed E-state index contributed by atoms with van der Waals surface area (Å²) in [6.45, 7) is 3.77. The largest absolute Gasteiger partial charge is 0.468 e. The van der Waals surface area contributed by atoms with Crippen LogP contribution >= 0.6 is 0 Å². The quantitative estimate of drug-likeness (QED) is 0.759. The van der Waals surface area contributed by atoms with Crippen LogP contribution in [0.3, 0.4) is 0 Å². The van der Waals surface area contributed by atoms with E-state index in [1.165, 1.54) is 5.56 Å². The Bertz CT molecular complexity index is 425. The second-order valence-corrected chi connectivity index (χ2v) is 4.48. The van der Waals surface area contributed by atoms with Crippen molar-refractivity contribution < 1.29 is 4.42 Å². The van der Waals surface area contributed by atoms with E-state index in [1.807, 2.05) is 18.2 Å². The molecule has 0 bridgehead atoms. The van der Waals surface area contributed by atoms with E-state index >= 15 is 0 Å². The van der Waals surface area contributed by atoms with Gasteiger partial charge in [0.05, 0.1) is 12.8 Å². The third kappa shape index (κ3) is 4.35. The molecule has 1 N–H and O–H groups in total. The van der Waals surface area contributed by atoms with Gasteiger partial charge in [-0.1, -0.05) is 30.3 Å². The highest BCUT2D eigenvalue weighted by Crippen LogP contribution is 2.03. The van der Waals surface area contributed by atoms with Crippen molar-refractivity contribution in [2.75, 3.05) is 20.1 Å². The van der Waals surface area contributed by atoms with Crippen LogP contribution in [-0.4, -0.2) is 25.0 Å². The molecule has 0 saturated carbocycles. The second kappa shape index (κ2) is 6.99. The minimum Gasteiger partial charge on any atom is -0.468 e. The summed E-state index contributed by atoms with van der Waals surface area (Å²) in [5, 5.41) is 3.44. The van der Waals surface area contributed by atoms with Gasteiger partial charge in [0.1, 0.15) is 5.76 Å². The number of furan rings is 1. The lowest BCUT2D eigenvalue weighted by Crippen LogP contribution is -2.28. The predicted molar refractivity (Wildman–Crippen MR) is 73.2 cm³/mol. The smallest absolute Gasteiger partial charge is 0.117 e. The van der Waals surface area contributed by atoms with Crippen molar-refractivity contribution in [3.05, 3.63) is 60.1 Å². The van der Waals surface area contributed by atoms with E-state index in [0.717, 1.165) is 31.9 Å². The van der Waals surface area contributed by atoms with Crippen LogP contribution in [-0.2, 0) is 13.1 Å². The maximum absolute atomic E-state index is 5.32. The Balaban J connectivity index is 1.60. The third-order valence-corrected chi connectivity index (χ3v) is 2.85. The first-order valence-corrected chi connectivity index (χ1v) is 6.30. The second-order valence-electron chi connectivity index (χ2n) is 4.48. The average Bonchev–Trinajstić information content (AvgIpc) is 2.89. The molecule has 3 heteroatoms. The minimum absolute atomic E-state index is 0.861. The van der Waals surface area contributed by atoms with Gasteiger partial charge in [-0.05, 0) is 24.7 Å². The van der Waals surface area contributed by atoms with E-state index in [4.69, 9.17) is 4.42 Å². The summed E-state index contributed by atoms with van der Waals surface area (Å²) in [5.74, 6) is 1.01. The topological polar surface area (TPSA) is 28.4 Å². The van der Waals surface area contributed by atoms with Gasteiger partial charge in [-0.15, -0.1) is 0 Å². The first-order chi connectivity index (χ1) is 8.84. The number of rotatable bonds is 7. The maximum Gasteiger partial charge on any atom is 0.117 e. The number of hydrogen-bond donors (Lipinski definition) is 1. The molecule has 0 atom stereocenters. The minimum atomic E-state index is 0.861. The van der Waals surface area contributed by atoms with E-state index in [2.05, 4.69) is 41.5 Å². The highest BCUT2D eigenvalue weighted by atomic mass is 16.3. The van der Waals surface area contributed by atoms with Crippen molar-refractivity contribution in [3.8, 4) is 0 Å². The van der Waals surface area contributed by atoms with Crippen LogP contribution < -0.4 is 5.32 Å². The van der Waals surface area contributed by atoms with Gasteiger partial charge in [-0.2, -0.15) is 0 Å². The highest BCUT2D eigenvalue weighted by molar-refractivity contribution is 5.14. The lowest BCUT2D eigenvalue weighted by atomic mass is 10.2. The van der Waals surface area contributed by atoms with E-state index in [9.17, 15) is 0 Å². The molecule has 0 fully saturated rings. The number of nitrogens with one attached hydrogen (secondary N) is 1. The number of nitrogens with zero attached hydrogens (tertiary/aromatic N) is 1. The molecule has 0 aliphatic heterocycles. The Morgan fingerprint density at radius 2 is 1.94 bits per heavy atom. The van der Waals surface area contributed by atoms with Gasteiger partial charge in [0, 0.05) is 19.6 Å². The van der Waals surface area contributed by atoms with Crippen LogP contribution in [0.2, 0.25) is 0 Å². The fourth-order valence-electron chi connectivity index (χ4n) is 1.85. The molecule has 0 amide bonds. The molecule has 1 aromatic heterocycles. The molecule has 1 heterocycles. The number of likely N-dealkylation sites (N-methyl/N-ethyl adjacent to an activating group) is 1. The van der Waals surface area contributed by atoms with Crippen LogP contribution in [0.25, 0.3) is 0 Å². The van der Waals surface area contributed by atoms with Crippen molar-refractivity contribution >= 4 is 0 Å². The molecule has 0 aliphatic rings. The van der Waals surface area contributed by atoms with Gasteiger partial charge in [-0.3, -0.25) is 4.90 Å². The van der Waals surface area contributed by atoms with Crippen LogP contribution in [0.4, 0.5) is 0 Å². The van der Waals surface area contributed by atoms with Crippen molar-refractivity contribution in [2.24, 2.45) is 0 Å². The Hall–Kier alpha value is -1.58. The Kier molecular flexibility index (Phi) is 5.00. The Morgan fingerprint density at radius 3 is 2.67 bits per heavy atom. The summed E-state index contributed by atoms with van der Waals surface area (Å²) in [6, 6.07) is 14.4. The monoisotopic (exact) mass is 244 g/mol. The van der Waals surface area contributed by atoms with Crippen molar-refractivity contribution in [2.45, 2.75) is 13.1 Å². The molecule has 0 saturated heterocycles. The predicted octanol–water partition coefficient (Wildman–Crippen LogP) is 2.50. The van der Waals surface area contributed by atoms with E-state index in [1.54, 1.807) is 6.26 Å². The fraction of sp³-hybridized carbons (Fsp3) is 0.333. The average molecular weight is 244 g/mol. The first-order valence-electron chi connectivity index (χ1n) is 6.30. The fourth-order valence-corrected chi connectivity index (χ4v) is 1.85. The Labute approximate surface area is 108 Å².